The number of carbonyl (C=O) groups excluding carboxylic acids is 3. The number of carbonyl (C=O) groups is 3. The fourth-order valence-electron chi connectivity index (χ4n) is 5.08. The highest BCUT2D eigenvalue weighted by molar-refractivity contribution is 7.89. The van der Waals surface area contributed by atoms with Gasteiger partial charge in [-0.1, -0.05) is 13.8 Å². The van der Waals surface area contributed by atoms with Crippen molar-refractivity contribution in [1.29, 1.82) is 0 Å². The number of rotatable bonds is 6. The average molecular weight is 564 g/mol. The fraction of sp³-hybridized carbons (Fsp3) is 0.500. The minimum absolute atomic E-state index is 0.135. The summed E-state index contributed by atoms with van der Waals surface area (Å²) >= 11 is 1.21. The van der Waals surface area contributed by atoms with Crippen LogP contribution in [0.25, 0.3) is 0 Å². The molecule has 0 aliphatic carbocycles. The van der Waals surface area contributed by atoms with E-state index in [9.17, 15) is 22.8 Å². The summed E-state index contributed by atoms with van der Waals surface area (Å²) in [5.74, 6) is -0.499. The number of methoxy groups -OCH3 is 1. The highest BCUT2D eigenvalue weighted by atomic mass is 32.2. The van der Waals surface area contributed by atoms with Gasteiger partial charge in [-0.25, -0.2) is 18.0 Å². The molecule has 1 saturated heterocycles. The number of nitrogens with one attached hydrogen (secondary N) is 1. The molecule has 0 radical (unpaired) electrons. The number of thiophene rings is 1. The summed E-state index contributed by atoms with van der Waals surface area (Å²) in [6.07, 6.45) is 0.983. The van der Waals surface area contributed by atoms with Crippen molar-refractivity contribution < 1.29 is 32.3 Å². The summed E-state index contributed by atoms with van der Waals surface area (Å²) in [4.78, 5) is 40.4. The molecule has 0 unspecified atom stereocenters. The smallest absolute Gasteiger partial charge is 0.410 e. The van der Waals surface area contributed by atoms with Crippen molar-refractivity contribution in [3.05, 3.63) is 45.8 Å². The second-order valence-electron chi connectivity index (χ2n) is 9.82. The maximum atomic E-state index is 13.2. The van der Waals surface area contributed by atoms with Crippen molar-refractivity contribution in [3.8, 4) is 0 Å². The molecule has 2 amide bonds. The fourth-order valence-corrected chi connectivity index (χ4v) is 8.01. The molecule has 2 aromatic rings. The van der Waals surface area contributed by atoms with Gasteiger partial charge in [-0.3, -0.25) is 4.79 Å². The highest BCUT2D eigenvalue weighted by Crippen LogP contribution is 2.38. The van der Waals surface area contributed by atoms with Gasteiger partial charge in [-0.05, 0) is 61.4 Å². The number of ether oxygens (including phenoxy) is 2. The molecule has 0 bridgehead atoms. The predicted octanol–water partition coefficient (Wildman–Crippen LogP) is 3.97. The highest BCUT2D eigenvalue weighted by Gasteiger charge is 2.33. The summed E-state index contributed by atoms with van der Waals surface area (Å²) in [6, 6.07) is 5.80. The number of amides is 2. The van der Waals surface area contributed by atoms with Gasteiger partial charge in [0.2, 0.25) is 10.0 Å². The van der Waals surface area contributed by atoms with Gasteiger partial charge in [0.25, 0.3) is 5.91 Å². The zero-order chi connectivity index (χ0) is 27.6. The number of fused-ring (bicyclic) bond motifs is 1. The van der Waals surface area contributed by atoms with Crippen LogP contribution in [-0.2, 0) is 32.5 Å². The maximum Gasteiger partial charge on any atom is 0.410 e. The molecular formula is C26H33N3O7S2. The van der Waals surface area contributed by atoms with E-state index in [0.717, 1.165) is 16.9 Å². The van der Waals surface area contributed by atoms with E-state index in [1.54, 1.807) is 11.8 Å². The zero-order valence-corrected chi connectivity index (χ0v) is 23.6. The van der Waals surface area contributed by atoms with Crippen LogP contribution >= 0.6 is 11.3 Å². The molecule has 2 atom stereocenters. The summed E-state index contributed by atoms with van der Waals surface area (Å²) in [7, 11) is -2.40. The number of anilines is 1. The quantitative estimate of drug-likeness (QED) is 0.528. The van der Waals surface area contributed by atoms with Crippen molar-refractivity contribution in [2.24, 2.45) is 11.8 Å². The molecule has 3 heterocycles. The molecule has 12 heteroatoms. The maximum absolute atomic E-state index is 13.2. The van der Waals surface area contributed by atoms with Gasteiger partial charge < -0.3 is 19.7 Å². The van der Waals surface area contributed by atoms with E-state index in [-0.39, 0.29) is 41.0 Å². The van der Waals surface area contributed by atoms with Crippen LogP contribution in [0.1, 0.15) is 58.3 Å². The molecule has 2 aliphatic rings. The third kappa shape index (κ3) is 5.71. The Balaban J connectivity index is 1.54. The van der Waals surface area contributed by atoms with Crippen LogP contribution in [0.15, 0.2) is 29.2 Å². The lowest BCUT2D eigenvalue weighted by Gasteiger charge is -2.34. The lowest BCUT2D eigenvalue weighted by Crippen LogP contribution is -2.42. The van der Waals surface area contributed by atoms with Gasteiger partial charge in [-0.15, -0.1) is 11.3 Å². The number of hydrogen-bond acceptors (Lipinski definition) is 8. The van der Waals surface area contributed by atoms with Crippen molar-refractivity contribution >= 4 is 44.3 Å². The summed E-state index contributed by atoms with van der Waals surface area (Å²) in [5.41, 5.74) is 1.26. The number of piperidine rings is 1. The number of benzene rings is 1. The molecule has 206 valence electrons. The standard InChI is InChI=1S/C26H33N3O7S2/c1-5-36-26(32)28-11-10-20-21(15-28)37-24(22(20)25(31)35-4)27-23(30)18-6-8-19(9-7-18)38(33,34)29-13-16(2)12-17(3)14-29/h6-9,16-17H,5,10-15H2,1-4H3,(H,27,30)/t16-,17-/m1/s1. The van der Waals surface area contributed by atoms with Crippen LogP contribution in [0, 0.1) is 11.8 Å². The third-order valence-electron chi connectivity index (χ3n) is 6.79. The van der Waals surface area contributed by atoms with E-state index in [2.05, 4.69) is 5.32 Å². The summed E-state index contributed by atoms with van der Waals surface area (Å²) in [5, 5.41) is 3.11. The first-order valence-corrected chi connectivity index (χ1v) is 14.9. The van der Waals surface area contributed by atoms with E-state index in [4.69, 9.17) is 9.47 Å². The average Bonchev–Trinajstić information content (AvgIpc) is 3.24. The minimum Gasteiger partial charge on any atom is -0.465 e. The Morgan fingerprint density at radius 3 is 2.37 bits per heavy atom. The molecule has 10 nitrogen and oxygen atoms in total. The monoisotopic (exact) mass is 563 g/mol. The third-order valence-corrected chi connectivity index (χ3v) is 9.77. The van der Waals surface area contributed by atoms with Crippen LogP contribution in [0.2, 0.25) is 0 Å². The number of nitrogens with zero attached hydrogens (tertiary/aromatic N) is 2. The van der Waals surface area contributed by atoms with Crippen molar-refractivity contribution in [1.82, 2.24) is 9.21 Å². The molecule has 1 fully saturated rings. The van der Waals surface area contributed by atoms with E-state index in [1.165, 1.54) is 47.0 Å². The molecular weight excluding hydrogens is 530 g/mol. The van der Waals surface area contributed by atoms with Crippen LogP contribution in [0.5, 0.6) is 0 Å². The van der Waals surface area contributed by atoms with Crippen LogP contribution in [0.3, 0.4) is 0 Å². The lowest BCUT2D eigenvalue weighted by atomic mass is 9.94. The van der Waals surface area contributed by atoms with E-state index >= 15 is 0 Å². The minimum atomic E-state index is -3.67. The Morgan fingerprint density at radius 1 is 1.11 bits per heavy atom. The van der Waals surface area contributed by atoms with Gasteiger partial charge in [-0.2, -0.15) is 4.31 Å². The topological polar surface area (TPSA) is 122 Å². The van der Waals surface area contributed by atoms with Gasteiger partial charge in [0.1, 0.15) is 5.00 Å². The van der Waals surface area contributed by atoms with Gasteiger partial charge in [0.05, 0.1) is 30.7 Å². The first-order valence-electron chi connectivity index (χ1n) is 12.6. The second kappa shape index (κ2) is 11.4. The lowest BCUT2D eigenvalue weighted by molar-refractivity contribution is 0.0600. The Bertz CT molecular complexity index is 1310. The second-order valence-corrected chi connectivity index (χ2v) is 12.9. The molecule has 2 aliphatic heterocycles. The van der Waals surface area contributed by atoms with Crippen molar-refractivity contribution in [2.45, 2.75) is 45.1 Å². The Hall–Kier alpha value is -2.96. The first-order chi connectivity index (χ1) is 18.0. The molecule has 0 spiro atoms. The Labute approximate surface area is 226 Å². The molecule has 0 saturated carbocycles. The molecule has 4 rings (SSSR count). The van der Waals surface area contributed by atoms with E-state index < -0.39 is 28.0 Å². The normalized spacial score (nSPS) is 19.9. The molecule has 1 N–H and O–H groups in total. The Morgan fingerprint density at radius 2 is 1.76 bits per heavy atom. The van der Waals surface area contributed by atoms with Gasteiger partial charge in [0.15, 0.2) is 0 Å². The SMILES string of the molecule is CCOC(=O)N1CCc2c(sc(NC(=O)c3ccc(S(=O)(=O)N4C[C@H](C)C[C@@H](C)C4)cc3)c2C(=O)OC)C1. The summed E-state index contributed by atoms with van der Waals surface area (Å²) < 4.78 is 37.9. The zero-order valence-electron chi connectivity index (χ0n) is 22.0. The first kappa shape index (κ1) is 28.1. The van der Waals surface area contributed by atoms with Gasteiger partial charge >= 0.3 is 12.1 Å². The number of hydrogen-bond donors (Lipinski definition) is 1. The molecule has 1 aromatic carbocycles. The largest absolute Gasteiger partial charge is 0.465 e. The van der Waals surface area contributed by atoms with Gasteiger partial charge in [0, 0.05) is 30.1 Å². The number of sulfonamides is 1. The molecule has 38 heavy (non-hydrogen) atoms. The number of esters is 1. The molecule has 1 aromatic heterocycles. The van der Waals surface area contributed by atoms with Crippen LogP contribution < -0.4 is 5.32 Å². The van der Waals surface area contributed by atoms with Crippen LogP contribution in [-0.4, -0.2) is 68.9 Å². The van der Waals surface area contributed by atoms with Crippen molar-refractivity contribution in [3.63, 3.8) is 0 Å². The summed E-state index contributed by atoms with van der Waals surface area (Å²) in [6.45, 7) is 7.68. The van der Waals surface area contributed by atoms with E-state index in [0.29, 0.717) is 31.1 Å². The van der Waals surface area contributed by atoms with Crippen molar-refractivity contribution in [2.75, 3.05) is 38.7 Å². The predicted molar refractivity (Wildman–Crippen MR) is 143 cm³/mol. The van der Waals surface area contributed by atoms with E-state index in [1.807, 2.05) is 13.8 Å². The Kier molecular flexibility index (Phi) is 8.43. The van der Waals surface area contributed by atoms with Crippen LogP contribution in [0.4, 0.5) is 9.80 Å².